The smallest absolute Gasteiger partial charge is 0.368 e. The van der Waals surface area contributed by atoms with Crippen molar-refractivity contribution in [1.29, 1.82) is 0 Å². The summed E-state index contributed by atoms with van der Waals surface area (Å²) in [5.41, 5.74) is -0.624. The second-order valence-corrected chi connectivity index (χ2v) is 8.27. The highest BCUT2D eigenvalue weighted by molar-refractivity contribution is 6.33. The fourth-order valence-corrected chi connectivity index (χ4v) is 3.98. The molecule has 8 nitrogen and oxygen atoms in total. The fraction of sp³-hybridized carbons (Fsp3) is 0.238. The summed E-state index contributed by atoms with van der Waals surface area (Å²) in [6, 6.07) is 10.0. The van der Waals surface area contributed by atoms with E-state index >= 15 is 0 Å². The molecule has 0 radical (unpaired) electrons. The maximum Gasteiger partial charge on any atom is 0.416 e. The number of nitro groups is 1. The van der Waals surface area contributed by atoms with Crippen LogP contribution in [0.5, 0.6) is 0 Å². The van der Waals surface area contributed by atoms with E-state index in [9.17, 15) is 23.3 Å². The molecule has 0 bridgehead atoms. The van der Waals surface area contributed by atoms with Gasteiger partial charge in [0.1, 0.15) is 6.33 Å². The van der Waals surface area contributed by atoms with Gasteiger partial charge in [-0.05, 0) is 36.4 Å². The molecule has 0 atom stereocenters. The summed E-state index contributed by atoms with van der Waals surface area (Å²) < 4.78 is 39.3. The molecule has 0 aliphatic carbocycles. The molecule has 1 N–H and O–H groups in total. The molecule has 178 valence electrons. The quantitative estimate of drug-likeness (QED) is 0.342. The highest BCUT2D eigenvalue weighted by Gasteiger charge is 2.32. The van der Waals surface area contributed by atoms with Crippen molar-refractivity contribution in [3.8, 4) is 0 Å². The highest BCUT2D eigenvalue weighted by atomic mass is 35.5. The minimum Gasteiger partial charge on any atom is -0.368 e. The van der Waals surface area contributed by atoms with Crippen molar-refractivity contribution in [2.24, 2.45) is 0 Å². The summed E-state index contributed by atoms with van der Waals surface area (Å²) in [5.74, 6) is -0.190. The Bertz CT molecular complexity index is 1220. The van der Waals surface area contributed by atoms with Crippen molar-refractivity contribution >= 4 is 51.9 Å². The molecular weight excluding hydrogens is 496 g/mol. The molecule has 1 aromatic heterocycles. The maximum absolute atomic E-state index is 13.1. The van der Waals surface area contributed by atoms with E-state index in [4.69, 9.17) is 23.2 Å². The monoisotopic (exact) mass is 512 g/mol. The Hall–Kier alpha value is -3.31. The zero-order valence-electron chi connectivity index (χ0n) is 17.4. The number of hydrogen-bond donors (Lipinski definition) is 1. The first-order chi connectivity index (χ1) is 16.1. The molecular formula is C21H17Cl2F3N6O2. The van der Waals surface area contributed by atoms with E-state index in [2.05, 4.69) is 20.2 Å². The number of alkyl halides is 3. The van der Waals surface area contributed by atoms with Gasteiger partial charge < -0.3 is 15.1 Å². The minimum absolute atomic E-state index is 0.0439. The normalized spacial score (nSPS) is 14.3. The number of benzene rings is 2. The Morgan fingerprint density at radius 2 is 1.71 bits per heavy atom. The van der Waals surface area contributed by atoms with Gasteiger partial charge >= 0.3 is 11.9 Å². The summed E-state index contributed by atoms with van der Waals surface area (Å²) in [5, 5.41) is 15.1. The highest BCUT2D eigenvalue weighted by Crippen LogP contribution is 2.38. The topological polar surface area (TPSA) is 87.4 Å². The third-order valence-corrected chi connectivity index (χ3v) is 5.85. The van der Waals surface area contributed by atoms with Gasteiger partial charge in [0.25, 0.3) is 0 Å². The lowest BCUT2D eigenvalue weighted by Gasteiger charge is -2.36. The Morgan fingerprint density at radius 1 is 1.00 bits per heavy atom. The Balaban J connectivity index is 1.60. The number of nitrogens with zero attached hydrogens (tertiary/aromatic N) is 5. The number of rotatable bonds is 5. The first-order valence-electron chi connectivity index (χ1n) is 10.0. The summed E-state index contributed by atoms with van der Waals surface area (Å²) >= 11 is 12.1. The zero-order valence-corrected chi connectivity index (χ0v) is 18.9. The van der Waals surface area contributed by atoms with E-state index in [-0.39, 0.29) is 22.3 Å². The van der Waals surface area contributed by atoms with Crippen LogP contribution in [0.3, 0.4) is 0 Å². The molecule has 0 amide bonds. The zero-order chi connectivity index (χ0) is 24.5. The van der Waals surface area contributed by atoms with Crippen LogP contribution in [-0.4, -0.2) is 41.1 Å². The Kier molecular flexibility index (Phi) is 6.67. The van der Waals surface area contributed by atoms with Crippen molar-refractivity contribution in [2.75, 3.05) is 41.3 Å². The van der Waals surface area contributed by atoms with Crippen molar-refractivity contribution in [3.63, 3.8) is 0 Å². The summed E-state index contributed by atoms with van der Waals surface area (Å²) in [7, 11) is 0. The number of nitrogens with one attached hydrogen (secondary N) is 1. The molecule has 2 heterocycles. The summed E-state index contributed by atoms with van der Waals surface area (Å²) in [6.45, 7) is 1.97. The molecule has 0 unspecified atom stereocenters. The molecule has 1 fully saturated rings. The average molecular weight is 513 g/mol. The third kappa shape index (κ3) is 5.10. The SMILES string of the molecule is O=[N+]([O-])c1c(Nc2cc(C(F)(F)F)ccc2Cl)ncnc1N1CCN(c2cccc(Cl)c2)CC1. The minimum atomic E-state index is -4.60. The van der Waals surface area contributed by atoms with E-state index < -0.39 is 22.4 Å². The molecule has 1 aliphatic heterocycles. The second kappa shape index (κ2) is 9.51. The third-order valence-electron chi connectivity index (χ3n) is 5.28. The Labute approximate surface area is 202 Å². The van der Waals surface area contributed by atoms with Crippen LogP contribution in [0.1, 0.15) is 5.56 Å². The van der Waals surface area contributed by atoms with Crippen LogP contribution < -0.4 is 15.1 Å². The lowest BCUT2D eigenvalue weighted by molar-refractivity contribution is -0.383. The number of aromatic nitrogens is 2. The van der Waals surface area contributed by atoms with Gasteiger partial charge in [-0.2, -0.15) is 13.2 Å². The summed E-state index contributed by atoms with van der Waals surface area (Å²) in [4.78, 5) is 23.1. The van der Waals surface area contributed by atoms with Crippen LogP contribution in [0, 0.1) is 10.1 Å². The lowest BCUT2D eigenvalue weighted by Crippen LogP contribution is -2.47. The van der Waals surface area contributed by atoms with Crippen molar-refractivity contribution in [3.05, 3.63) is 74.5 Å². The van der Waals surface area contributed by atoms with E-state index in [1.807, 2.05) is 18.2 Å². The molecule has 1 saturated heterocycles. The van der Waals surface area contributed by atoms with Gasteiger partial charge in [-0.15, -0.1) is 0 Å². The number of anilines is 4. The van der Waals surface area contributed by atoms with Crippen molar-refractivity contribution in [1.82, 2.24) is 9.97 Å². The van der Waals surface area contributed by atoms with E-state index in [0.29, 0.717) is 31.2 Å². The van der Waals surface area contributed by atoms with Gasteiger partial charge in [0.2, 0.25) is 11.6 Å². The van der Waals surface area contributed by atoms with Crippen molar-refractivity contribution in [2.45, 2.75) is 6.18 Å². The number of halogens is 5. The number of hydrogen-bond acceptors (Lipinski definition) is 7. The van der Waals surface area contributed by atoms with Crippen LogP contribution in [-0.2, 0) is 6.18 Å². The predicted octanol–water partition coefficient (Wildman–Crippen LogP) is 5.78. The molecule has 0 saturated carbocycles. The second-order valence-electron chi connectivity index (χ2n) is 7.42. The largest absolute Gasteiger partial charge is 0.416 e. The Morgan fingerprint density at radius 3 is 2.35 bits per heavy atom. The molecule has 13 heteroatoms. The van der Waals surface area contributed by atoms with Crippen LogP contribution in [0.15, 0.2) is 48.8 Å². The van der Waals surface area contributed by atoms with E-state index in [1.54, 1.807) is 11.0 Å². The van der Waals surface area contributed by atoms with Crippen LogP contribution in [0.2, 0.25) is 10.0 Å². The molecule has 4 rings (SSSR count). The fourth-order valence-electron chi connectivity index (χ4n) is 3.63. The standard InChI is InChI=1S/C21H17Cl2F3N6O2/c22-14-2-1-3-15(11-14)30-6-8-31(9-7-30)20-18(32(33)34)19(27-12-28-20)29-17-10-13(21(24,25)26)4-5-16(17)23/h1-5,10-12H,6-9H2,(H,27,28,29). The summed E-state index contributed by atoms with van der Waals surface area (Å²) in [6.07, 6.45) is -3.48. The van der Waals surface area contributed by atoms with Crippen molar-refractivity contribution < 1.29 is 18.1 Å². The van der Waals surface area contributed by atoms with Crippen LogP contribution in [0.4, 0.5) is 41.9 Å². The van der Waals surface area contributed by atoms with Gasteiger partial charge in [0.05, 0.1) is 21.2 Å². The first-order valence-corrected chi connectivity index (χ1v) is 10.8. The van der Waals surface area contributed by atoms with Gasteiger partial charge in [-0.1, -0.05) is 29.3 Å². The van der Waals surface area contributed by atoms with Gasteiger partial charge in [0.15, 0.2) is 0 Å². The van der Waals surface area contributed by atoms with Gasteiger partial charge in [-0.25, -0.2) is 9.97 Å². The maximum atomic E-state index is 13.1. The molecule has 0 spiro atoms. The van der Waals surface area contributed by atoms with E-state index in [0.717, 1.165) is 30.2 Å². The molecule has 1 aliphatic rings. The number of piperazine rings is 1. The molecule has 2 aromatic carbocycles. The van der Waals surface area contributed by atoms with Gasteiger partial charge in [0, 0.05) is 36.9 Å². The molecule has 34 heavy (non-hydrogen) atoms. The molecule has 3 aromatic rings. The van der Waals surface area contributed by atoms with Crippen LogP contribution >= 0.6 is 23.2 Å². The van der Waals surface area contributed by atoms with Gasteiger partial charge in [-0.3, -0.25) is 10.1 Å². The first kappa shape index (κ1) is 23.8. The predicted molar refractivity (Wildman–Crippen MR) is 124 cm³/mol. The lowest BCUT2D eigenvalue weighted by atomic mass is 10.2. The van der Waals surface area contributed by atoms with E-state index in [1.165, 1.54) is 0 Å². The van der Waals surface area contributed by atoms with Crippen LogP contribution in [0.25, 0.3) is 0 Å². The average Bonchev–Trinajstić information content (AvgIpc) is 2.79.